The Balaban J connectivity index is 1.44. The van der Waals surface area contributed by atoms with E-state index in [0.717, 1.165) is 47.3 Å². The molecule has 1 aliphatic carbocycles. The van der Waals surface area contributed by atoms with Crippen molar-refractivity contribution in [2.45, 2.75) is 44.8 Å². The van der Waals surface area contributed by atoms with Gasteiger partial charge in [-0.25, -0.2) is 9.96 Å². The van der Waals surface area contributed by atoms with E-state index in [0.29, 0.717) is 21.3 Å². The Morgan fingerprint density at radius 3 is 2.46 bits per heavy atom. The summed E-state index contributed by atoms with van der Waals surface area (Å²) in [6.07, 6.45) is 2.80. The highest BCUT2D eigenvalue weighted by Gasteiger charge is 2.61. The molecule has 3 heterocycles. The quantitative estimate of drug-likeness (QED) is 0.440. The Labute approximate surface area is 212 Å². The Morgan fingerprint density at radius 2 is 1.74 bits per heavy atom. The van der Waals surface area contributed by atoms with Gasteiger partial charge in [-0.1, -0.05) is 41.4 Å². The van der Waals surface area contributed by atoms with E-state index in [-0.39, 0.29) is 5.91 Å². The van der Waals surface area contributed by atoms with Crippen LogP contribution in [-0.2, 0) is 27.3 Å². The van der Waals surface area contributed by atoms with E-state index >= 15 is 0 Å². The number of hydrogen-bond acceptors (Lipinski definition) is 6. The number of aryl methyl sites for hydroxylation is 2. The SMILES string of the molecule is Cc1ccc(C2C3C(=O)N(c4sc5c(c4C#N)CCCC5)C(=O)C3ON2c2ccc(Cl)cc2)cc1. The molecule has 3 unspecified atom stereocenters. The lowest BCUT2D eigenvalue weighted by Gasteiger charge is -2.28. The topological polar surface area (TPSA) is 73.6 Å². The zero-order chi connectivity index (χ0) is 24.3. The number of carbonyl (C=O) groups excluding carboxylic acids is 2. The molecule has 3 atom stereocenters. The number of benzene rings is 2. The number of hydrogen-bond donors (Lipinski definition) is 0. The summed E-state index contributed by atoms with van der Waals surface area (Å²) < 4.78 is 0. The Morgan fingerprint density at radius 1 is 1.03 bits per heavy atom. The second kappa shape index (κ2) is 8.49. The molecule has 6 rings (SSSR count). The van der Waals surface area contributed by atoms with E-state index in [1.165, 1.54) is 16.2 Å². The van der Waals surface area contributed by atoms with Gasteiger partial charge < -0.3 is 0 Å². The van der Waals surface area contributed by atoms with Crippen LogP contribution in [0.5, 0.6) is 0 Å². The molecular formula is C27H22ClN3O3S. The van der Waals surface area contributed by atoms with Gasteiger partial charge in [0.05, 0.1) is 17.3 Å². The Kier molecular flexibility index (Phi) is 5.41. The van der Waals surface area contributed by atoms with Crippen molar-refractivity contribution < 1.29 is 14.4 Å². The number of thiophene rings is 1. The van der Waals surface area contributed by atoms with Crippen molar-refractivity contribution in [3.05, 3.63) is 80.7 Å². The van der Waals surface area contributed by atoms with E-state index < -0.39 is 24.0 Å². The average molecular weight is 504 g/mol. The van der Waals surface area contributed by atoms with Gasteiger partial charge in [-0.05, 0) is 68.0 Å². The summed E-state index contributed by atoms with van der Waals surface area (Å²) in [5.41, 5.74) is 4.15. The fourth-order valence-corrected chi connectivity index (χ4v) is 6.83. The summed E-state index contributed by atoms with van der Waals surface area (Å²) in [5, 5.41) is 12.6. The van der Waals surface area contributed by atoms with Crippen molar-refractivity contribution in [2.75, 3.05) is 9.96 Å². The first-order valence-electron chi connectivity index (χ1n) is 11.7. The van der Waals surface area contributed by atoms with Gasteiger partial charge in [0.2, 0.25) is 5.91 Å². The predicted molar refractivity (Wildman–Crippen MR) is 134 cm³/mol. The van der Waals surface area contributed by atoms with Crippen LogP contribution in [0.1, 0.15) is 46.0 Å². The summed E-state index contributed by atoms with van der Waals surface area (Å²) in [6, 6.07) is 16.8. The maximum Gasteiger partial charge on any atom is 0.267 e. The van der Waals surface area contributed by atoms with Crippen molar-refractivity contribution in [2.24, 2.45) is 5.92 Å². The van der Waals surface area contributed by atoms with Gasteiger partial charge in [-0.15, -0.1) is 11.3 Å². The lowest BCUT2D eigenvalue weighted by atomic mass is 9.90. The summed E-state index contributed by atoms with van der Waals surface area (Å²) >= 11 is 7.50. The van der Waals surface area contributed by atoms with Crippen LogP contribution >= 0.6 is 22.9 Å². The summed E-state index contributed by atoms with van der Waals surface area (Å²) in [6.45, 7) is 2.00. The van der Waals surface area contributed by atoms with Gasteiger partial charge in [-0.3, -0.25) is 14.4 Å². The molecule has 2 amide bonds. The molecule has 0 N–H and O–H groups in total. The molecule has 0 spiro atoms. The minimum absolute atomic E-state index is 0.322. The lowest BCUT2D eigenvalue weighted by Crippen LogP contribution is -2.37. The van der Waals surface area contributed by atoms with E-state index in [2.05, 4.69) is 6.07 Å². The molecule has 3 aliphatic rings. The normalized spacial score (nSPS) is 23.4. The van der Waals surface area contributed by atoms with Gasteiger partial charge in [0.25, 0.3) is 5.91 Å². The number of nitrogens with zero attached hydrogens (tertiary/aromatic N) is 3. The predicted octanol–water partition coefficient (Wildman–Crippen LogP) is 5.51. The molecule has 3 aromatic rings. The number of rotatable bonds is 3. The summed E-state index contributed by atoms with van der Waals surface area (Å²) in [4.78, 5) is 36.2. The molecule has 2 aromatic carbocycles. The molecule has 2 saturated heterocycles. The second-order valence-electron chi connectivity index (χ2n) is 9.22. The van der Waals surface area contributed by atoms with Crippen LogP contribution in [0.3, 0.4) is 0 Å². The molecule has 1 aromatic heterocycles. The number of hydroxylamine groups is 1. The zero-order valence-electron chi connectivity index (χ0n) is 19.0. The van der Waals surface area contributed by atoms with Gasteiger partial charge >= 0.3 is 0 Å². The second-order valence-corrected chi connectivity index (χ2v) is 10.7. The van der Waals surface area contributed by atoms with E-state index in [9.17, 15) is 14.9 Å². The lowest BCUT2D eigenvalue weighted by molar-refractivity contribution is -0.126. The summed E-state index contributed by atoms with van der Waals surface area (Å²) in [5.74, 6) is -1.47. The smallest absolute Gasteiger partial charge is 0.267 e. The van der Waals surface area contributed by atoms with Crippen LogP contribution in [-0.4, -0.2) is 17.9 Å². The minimum Gasteiger partial charge on any atom is -0.273 e. The standard InChI is InChI=1S/C27H22ClN3O3S/c1-15-6-8-16(9-7-15)23-22-24(34-31(23)18-12-10-17(28)11-13-18)26(33)30(25(22)32)27-20(14-29)19-4-2-3-5-21(19)35-27/h6-13,22-24H,2-5H2,1H3. The largest absolute Gasteiger partial charge is 0.273 e. The minimum atomic E-state index is -0.963. The maximum absolute atomic E-state index is 13.9. The average Bonchev–Trinajstić information content (AvgIpc) is 3.50. The van der Waals surface area contributed by atoms with E-state index in [1.807, 2.05) is 43.3 Å². The first-order valence-corrected chi connectivity index (χ1v) is 12.9. The number of amides is 2. The monoisotopic (exact) mass is 503 g/mol. The molecule has 0 saturated carbocycles. The highest BCUT2D eigenvalue weighted by atomic mass is 35.5. The molecule has 0 radical (unpaired) electrons. The molecule has 35 heavy (non-hydrogen) atoms. The van der Waals surface area contributed by atoms with Gasteiger partial charge in [-0.2, -0.15) is 5.26 Å². The molecule has 176 valence electrons. The van der Waals surface area contributed by atoms with Gasteiger partial charge in [0.15, 0.2) is 6.10 Å². The number of fused-ring (bicyclic) bond motifs is 2. The highest BCUT2D eigenvalue weighted by molar-refractivity contribution is 7.17. The third kappa shape index (κ3) is 3.48. The third-order valence-electron chi connectivity index (χ3n) is 7.08. The van der Waals surface area contributed by atoms with Crippen LogP contribution in [0.2, 0.25) is 5.02 Å². The first-order chi connectivity index (χ1) is 17.0. The number of halogens is 1. The zero-order valence-corrected chi connectivity index (χ0v) is 20.6. The number of anilines is 2. The fourth-order valence-electron chi connectivity index (χ4n) is 5.35. The third-order valence-corrected chi connectivity index (χ3v) is 8.61. The van der Waals surface area contributed by atoms with Crippen LogP contribution in [0, 0.1) is 24.2 Å². The molecular weight excluding hydrogens is 482 g/mol. The molecule has 6 nitrogen and oxygen atoms in total. The summed E-state index contributed by atoms with van der Waals surface area (Å²) in [7, 11) is 0. The Hall–Kier alpha value is -3.18. The molecule has 0 bridgehead atoms. The van der Waals surface area contributed by atoms with Crippen molar-refractivity contribution in [1.29, 1.82) is 5.26 Å². The van der Waals surface area contributed by atoms with Gasteiger partial charge in [0.1, 0.15) is 17.0 Å². The van der Waals surface area contributed by atoms with Gasteiger partial charge in [0, 0.05) is 9.90 Å². The van der Waals surface area contributed by atoms with E-state index in [4.69, 9.17) is 16.4 Å². The van der Waals surface area contributed by atoms with Crippen LogP contribution in [0.15, 0.2) is 48.5 Å². The highest BCUT2D eigenvalue weighted by Crippen LogP contribution is 2.50. The van der Waals surface area contributed by atoms with Crippen molar-refractivity contribution >= 4 is 45.4 Å². The van der Waals surface area contributed by atoms with Crippen LogP contribution < -0.4 is 9.96 Å². The molecule has 2 aliphatic heterocycles. The molecule has 8 heteroatoms. The maximum atomic E-state index is 13.9. The molecule has 2 fully saturated rings. The number of carbonyl (C=O) groups is 2. The van der Waals surface area contributed by atoms with Crippen LogP contribution in [0.25, 0.3) is 0 Å². The van der Waals surface area contributed by atoms with E-state index in [1.54, 1.807) is 17.2 Å². The first kappa shape index (κ1) is 22.3. The number of imide groups is 1. The van der Waals surface area contributed by atoms with Crippen LogP contribution in [0.4, 0.5) is 10.7 Å². The van der Waals surface area contributed by atoms with Crippen molar-refractivity contribution in [3.8, 4) is 6.07 Å². The van der Waals surface area contributed by atoms with Crippen molar-refractivity contribution in [3.63, 3.8) is 0 Å². The van der Waals surface area contributed by atoms with Crippen molar-refractivity contribution in [1.82, 2.24) is 0 Å². The fraction of sp³-hybridized carbons (Fsp3) is 0.296. The number of nitriles is 1. The Bertz CT molecular complexity index is 1380.